The highest BCUT2D eigenvalue weighted by Gasteiger charge is 2.21. The van der Waals surface area contributed by atoms with Gasteiger partial charge in [-0.15, -0.1) is 11.6 Å². The van der Waals surface area contributed by atoms with E-state index in [0.29, 0.717) is 62.6 Å². The Morgan fingerprint density at radius 3 is 2.66 bits per heavy atom. The number of ether oxygens (including phenoxy) is 3. The van der Waals surface area contributed by atoms with Crippen LogP contribution in [0.2, 0.25) is 0 Å². The van der Waals surface area contributed by atoms with E-state index in [0.717, 1.165) is 27.8 Å². The van der Waals surface area contributed by atoms with E-state index in [1.807, 2.05) is 49.4 Å². The Morgan fingerprint density at radius 2 is 1.93 bits per heavy atom. The first-order valence-electron chi connectivity index (χ1n) is 13.6. The number of fused-ring (bicyclic) bond motifs is 3. The standard InChI is InChI=1S/C30H36ClN5O5/c1-4-24(30(38)40-3)41-21-10-7-9-20(17-21)19-35(26(37)18-31)14-8-15-36-25(13-16-39-2)34-27-28(36)22-11-5-6-12-23(22)33-29(27)32/h5-7,9-12,17,24H,4,8,13-16,18-19H2,1-3H3,(H2,32,33). The molecule has 0 saturated heterocycles. The average molecular weight is 582 g/mol. The molecule has 41 heavy (non-hydrogen) atoms. The van der Waals surface area contributed by atoms with Crippen molar-refractivity contribution in [2.45, 2.75) is 45.4 Å². The summed E-state index contributed by atoms with van der Waals surface area (Å²) in [5.74, 6) is 1.03. The van der Waals surface area contributed by atoms with Crippen molar-refractivity contribution in [3.05, 3.63) is 59.9 Å². The average Bonchev–Trinajstić information content (AvgIpc) is 3.36. The normalized spacial score (nSPS) is 12.0. The molecule has 0 bridgehead atoms. The number of imidazole rings is 1. The Balaban J connectivity index is 1.55. The summed E-state index contributed by atoms with van der Waals surface area (Å²) in [6.07, 6.45) is 1.04. The lowest BCUT2D eigenvalue weighted by Gasteiger charge is -2.23. The molecule has 4 aromatic rings. The number of nitrogen functional groups attached to an aromatic ring is 1. The van der Waals surface area contributed by atoms with E-state index in [-0.39, 0.29) is 11.8 Å². The van der Waals surface area contributed by atoms with Gasteiger partial charge in [0.2, 0.25) is 5.91 Å². The number of methoxy groups -OCH3 is 2. The maximum absolute atomic E-state index is 12.8. The van der Waals surface area contributed by atoms with Gasteiger partial charge in [-0.25, -0.2) is 14.8 Å². The molecule has 10 nitrogen and oxygen atoms in total. The zero-order valence-corrected chi connectivity index (χ0v) is 24.4. The molecular weight excluding hydrogens is 546 g/mol. The molecule has 11 heteroatoms. The Morgan fingerprint density at radius 1 is 1.12 bits per heavy atom. The first-order valence-corrected chi connectivity index (χ1v) is 14.1. The highest BCUT2D eigenvalue weighted by atomic mass is 35.5. The van der Waals surface area contributed by atoms with Crippen molar-refractivity contribution >= 4 is 51.2 Å². The third kappa shape index (κ3) is 7.07. The van der Waals surface area contributed by atoms with Gasteiger partial charge < -0.3 is 29.4 Å². The Hall–Kier alpha value is -3.89. The summed E-state index contributed by atoms with van der Waals surface area (Å²) in [5, 5.41) is 0.968. The first-order chi connectivity index (χ1) is 19.9. The van der Waals surface area contributed by atoms with Crippen molar-refractivity contribution < 1.29 is 23.8 Å². The smallest absolute Gasteiger partial charge is 0.347 e. The van der Waals surface area contributed by atoms with Crippen molar-refractivity contribution in [2.24, 2.45) is 0 Å². The van der Waals surface area contributed by atoms with Gasteiger partial charge in [0.05, 0.1) is 24.8 Å². The molecule has 0 spiro atoms. The van der Waals surface area contributed by atoms with Crippen molar-refractivity contribution in [2.75, 3.05) is 39.0 Å². The number of amides is 1. The topological polar surface area (TPSA) is 122 Å². The predicted molar refractivity (Wildman–Crippen MR) is 159 cm³/mol. The van der Waals surface area contributed by atoms with Crippen LogP contribution in [0.25, 0.3) is 21.9 Å². The second kappa shape index (κ2) is 14.1. The first kappa shape index (κ1) is 30.1. The SMILES string of the molecule is CCC(Oc1cccc(CN(CCCn2c(CCOC)nc3c(N)nc4ccccc4c32)C(=O)CCl)c1)C(=O)OC. The lowest BCUT2D eigenvalue weighted by molar-refractivity contribution is -0.148. The van der Waals surface area contributed by atoms with Gasteiger partial charge in [0.15, 0.2) is 11.9 Å². The number of pyridine rings is 1. The number of anilines is 1. The molecule has 4 rings (SSSR count). The molecule has 1 atom stereocenters. The van der Waals surface area contributed by atoms with Crippen LogP contribution in [0.3, 0.4) is 0 Å². The number of hydrogen-bond donors (Lipinski definition) is 1. The third-order valence-electron chi connectivity index (χ3n) is 6.88. The number of halogens is 1. The molecule has 2 N–H and O–H groups in total. The third-order valence-corrected chi connectivity index (χ3v) is 7.11. The van der Waals surface area contributed by atoms with Crippen molar-refractivity contribution in [1.29, 1.82) is 0 Å². The van der Waals surface area contributed by atoms with Gasteiger partial charge in [-0.05, 0) is 36.6 Å². The largest absolute Gasteiger partial charge is 0.479 e. The molecule has 1 amide bonds. The second-order valence-corrected chi connectivity index (χ2v) is 9.89. The van der Waals surface area contributed by atoms with Crippen molar-refractivity contribution in [3.63, 3.8) is 0 Å². The number of nitrogens with two attached hydrogens (primary N) is 1. The molecule has 0 aliphatic carbocycles. The fourth-order valence-corrected chi connectivity index (χ4v) is 5.03. The van der Waals surface area contributed by atoms with Gasteiger partial charge in [0.25, 0.3) is 0 Å². The number of carbonyl (C=O) groups is 2. The van der Waals surface area contributed by atoms with E-state index in [2.05, 4.69) is 9.55 Å². The summed E-state index contributed by atoms with van der Waals surface area (Å²) in [7, 11) is 2.99. The van der Waals surface area contributed by atoms with Crippen LogP contribution in [-0.2, 0) is 38.6 Å². The second-order valence-electron chi connectivity index (χ2n) is 9.62. The minimum atomic E-state index is -0.701. The number of benzene rings is 2. The number of hydrogen-bond acceptors (Lipinski definition) is 8. The van der Waals surface area contributed by atoms with Crippen LogP contribution in [0.1, 0.15) is 31.2 Å². The highest BCUT2D eigenvalue weighted by Crippen LogP contribution is 2.29. The van der Waals surface area contributed by atoms with E-state index in [1.54, 1.807) is 18.1 Å². The number of esters is 1. The highest BCUT2D eigenvalue weighted by molar-refractivity contribution is 6.27. The minimum absolute atomic E-state index is 0.129. The van der Waals surface area contributed by atoms with Gasteiger partial charge in [-0.1, -0.05) is 37.3 Å². The van der Waals surface area contributed by atoms with E-state index in [1.165, 1.54) is 7.11 Å². The molecule has 0 saturated carbocycles. The molecule has 0 aliphatic rings. The van der Waals surface area contributed by atoms with Gasteiger partial charge in [0.1, 0.15) is 23.0 Å². The molecular formula is C30H36ClN5O5. The zero-order valence-electron chi connectivity index (χ0n) is 23.6. The molecule has 0 fully saturated rings. The number of rotatable bonds is 14. The summed E-state index contributed by atoms with van der Waals surface area (Å²) < 4.78 is 18.2. The number of alkyl halides is 1. The van der Waals surface area contributed by atoms with E-state index in [9.17, 15) is 9.59 Å². The number of aryl methyl sites for hydroxylation is 1. The van der Waals surface area contributed by atoms with Crippen LogP contribution < -0.4 is 10.5 Å². The van der Waals surface area contributed by atoms with Gasteiger partial charge in [-0.2, -0.15) is 0 Å². The Labute approximate surface area is 244 Å². The minimum Gasteiger partial charge on any atom is -0.479 e. The van der Waals surface area contributed by atoms with Crippen LogP contribution in [0, 0.1) is 0 Å². The summed E-state index contributed by atoms with van der Waals surface area (Å²) in [4.78, 5) is 35.9. The lowest BCUT2D eigenvalue weighted by atomic mass is 10.1. The number of nitrogens with zero attached hydrogens (tertiary/aromatic N) is 4. The molecule has 2 heterocycles. The van der Waals surface area contributed by atoms with Gasteiger partial charge in [-0.3, -0.25) is 4.79 Å². The Bertz CT molecular complexity index is 1510. The summed E-state index contributed by atoms with van der Waals surface area (Å²) in [6.45, 7) is 3.79. The molecule has 0 radical (unpaired) electrons. The maximum Gasteiger partial charge on any atom is 0.347 e. The van der Waals surface area contributed by atoms with Crippen LogP contribution in [0.15, 0.2) is 48.5 Å². The molecule has 1 unspecified atom stereocenters. The van der Waals surface area contributed by atoms with Gasteiger partial charge >= 0.3 is 5.97 Å². The van der Waals surface area contributed by atoms with Crippen molar-refractivity contribution in [3.8, 4) is 5.75 Å². The fourth-order valence-electron chi connectivity index (χ4n) is 4.86. The number of aromatic nitrogens is 3. The number of carbonyl (C=O) groups excluding carboxylic acids is 2. The monoisotopic (exact) mass is 581 g/mol. The van der Waals surface area contributed by atoms with Gasteiger partial charge in [0, 0.05) is 38.6 Å². The quantitative estimate of drug-likeness (QED) is 0.172. The molecule has 2 aromatic heterocycles. The van der Waals surface area contributed by atoms with Crippen molar-refractivity contribution in [1.82, 2.24) is 19.4 Å². The van der Waals surface area contributed by atoms with Crippen LogP contribution in [0.5, 0.6) is 5.75 Å². The Kier molecular flexibility index (Phi) is 10.4. The predicted octanol–water partition coefficient (Wildman–Crippen LogP) is 4.34. The molecule has 2 aromatic carbocycles. The van der Waals surface area contributed by atoms with Crippen LogP contribution in [0.4, 0.5) is 5.82 Å². The fraction of sp³-hybridized carbons (Fsp3) is 0.400. The zero-order chi connectivity index (χ0) is 29.4. The molecule has 0 aliphatic heterocycles. The number of para-hydroxylation sites is 1. The summed E-state index contributed by atoms with van der Waals surface area (Å²) >= 11 is 5.99. The molecule has 218 valence electrons. The van der Waals surface area contributed by atoms with Crippen LogP contribution in [-0.4, -0.2) is 70.7 Å². The van der Waals surface area contributed by atoms with Crippen LogP contribution >= 0.6 is 11.6 Å². The lowest BCUT2D eigenvalue weighted by Crippen LogP contribution is -2.33. The van der Waals surface area contributed by atoms with E-state index < -0.39 is 12.1 Å². The summed E-state index contributed by atoms with van der Waals surface area (Å²) in [5.41, 5.74) is 9.56. The summed E-state index contributed by atoms with van der Waals surface area (Å²) in [6, 6.07) is 15.2. The maximum atomic E-state index is 12.8. The van der Waals surface area contributed by atoms with E-state index in [4.69, 9.17) is 36.5 Å². The van der Waals surface area contributed by atoms with E-state index >= 15 is 0 Å².